The largest absolute Gasteiger partial charge is 0.480 e. The first-order valence-corrected chi connectivity index (χ1v) is 7.26. The Morgan fingerprint density at radius 1 is 1.45 bits per heavy atom. The van der Waals surface area contributed by atoms with E-state index in [-0.39, 0.29) is 5.91 Å². The van der Waals surface area contributed by atoms with Crippen LogP contribution in [0.3, 0.4) is 0 Å². The number of rotatable bonds is 3. The van der Waals surface area contributed by atoms with E-state index in [4.69, 9.17) is 5.11 Å². The maximum Gasteiger partial charge on any atom is 0.326 e. The van der Waals surface area contributed by atoms with Crippen LogP contribution in [-0.2, 0) is 9.59 Å². The van der Waals surface area contributed by atoms with Crippen LogP contribution < -0.4 is 0 Å². The van der Waals surface area contributed by atoms with Crippen molar-refractivity contribution in [2.75, 3.05) is 6.54 Å². The Kier molecular flexibility index (Phi) is 4.60. The number of carbonyl (C=O) groups excluding carboxylic acids is 1. The molecule has 106 valence electrons. The summed E-state index contributed by atoms with van der Waals surface area (Å²) >= 11 is 3.45. The minimum atomic E-state index is -0.930. The number of benzene rings is 1. The van der Waals surface area contributed by atoms with Crippen LogP contribution in [0.25, 0.3) is 6.08 Å². The number of carboxylic acids is 1. The lowest BCUT2D eigenvalue weighted by Crippen LogP contribution is -2.39. The minimum Gasteiger partial charge on any atom is -0.480 e. The molecule has 1 heterocycles. The highest BCUT2D eigenvalue weighted by atomic mass is 79.9. The number of hydrogen-bond donors (Lipinski definition) is 1. The second-order valence-electron chi connectivity index (χ2n) is 4.89. The van der Waals surface area contributed by atoms with Gasteiger partial charge in [0, 0.05) is 17.1 Å². The molecule has 0 radical (unpaired) electrons. The summed E-state index contributed by atoms with van der Waals surface area (Å²) in [6.45, 7) is 2.50. The highest BCUT2D eigenvalue weighted by Crippen LogP contribution is 2.21. The lowest BCUT2D eigenvalue weighted by molar-refractivity contribution is -0.146. The summed E-state index contributed by atoms with van der Waals surface area (Å²) < 4.78 is 0.915. The van der Waals surface area contributed by atoms with Gasteiger partial charge >= 0.3 is 5.97 Å². The average Bonchev–Trinajstić information content (AvgIpc) is 2.86. The van der Waals surface area contributed by atoms with Crippen LogP contribution in [0, 0.1) is 6.92 Å². The Morgan fingerprint density at radius 3 is 2.85 bits per heavy atom. The van der Waals surface area contributed by atoms with Crippen molar-refractivity contribution in [3.05, 3.63) is 39.9 Å². The Labute approximate surface area is 126 Å². The number of aryl methyl sites for hydroxylation is 1. The number of aliphatic carboxylic acids is 1. The summed E-state index contributed by atoms with van der Waals surface area (Å²) in [5.74, 6) is -1.18. The van der Waals surface area contributed by atoms with Gasteiger partial charge in [-0.1, -0.05) is 28.1 Å². The van der Waals surface area contributed by atoms with Gasteiger partial charge in [0.25, 0.3) is 0 Å². The number of hydrogen-bond acceptors (Lipinski definition) is 2. The van der Waals surface area contributed by atoms with E-state index in [0.717, 1.165) is 22.0 Å². The Morgan fingerprint density at radius 2 is 2.20 bits per heavy atom. The number of carbonyl (C=O) groups is 2. The Hall–Kier alpha value is -1.62. The van der Waals surface area contributed by atoms with Crippen molar-refractivity contribution in [2.24, 2.45) is 0 Å². The van der Waals surface area contributed by atoms with Gasteiger partial charge < -0.3 is 10.0 Å². The fourth-order valence-electron chi connectivity index (χ4n) is 2.31. The molecule has 1 amide bonds. The molecule has 5 heteroatoms. The maximum atomic E-state index is 12.1. The number of carboxylic acid groups (broad SMARTS) is 1. The molecule has 1 saturated heterocycles. The molecule has 1 atom stereocenters. The molecule has 0 aliphatic carbocycles. The van der Waals surface area contributed by atoms with Gasteiger partial charge in [0.1, 0.15) is 6.04 Å². The van der Waals surface area contributed by atoms with Crippen molar-refractivity contribution in [3.8, 4) is 0 Å². The quantitative estimate of drug-likeness (QED) is 0.863. The van der Waals surface area contributed by atoms with Crippen molar-refractivity contribution in [3.63, 3.8) is 0 Å². The summed E-state index contributed by atoms with van der Waals surface area (Å²) in [6.07, 6.45) is 4.42. The van der Waals surface area contributed by atoms with E-state index in [1.54, 1.807) is 6.08 Å². The average molecular weight is 338 g/mol. The first kappa shape index (κ1) is 14.8. The summed E-state index contributed by atoms with van der Waals surface area (Å²) in [5.41, 5.74) is 2.03. The molecule has 0 aromatic heterocycles. The van der Waals surface area contributed by atoms with Gasteiger partial charge in [0.2, 0.25) is 5.91 Å². The monoisotopic (exact) mass is 337 g/mol. The number of amides is 1. The van der Waals surface area contributed by atoms with Crippen LogP contribution in [0.5, 0.6) is 0 Å². The zero-order valence-corrected chi connectivity index (χ0v) is 12.8. The van der Waals surface area contributed by atoms with Crippen molar-refractivity contribution in [1.29, 1.82) is 0 Å². The van der Waals surface area contributed by atoms with E-state index in [1.807, 2.05) is 25.1 Å². The van der Waals surface area contributed by atoms with Crippen LogP contribution >= 0.6 is 15.9 Å². The van der Waals surface area contributed by atoms with Gasteiger partial charge in [-0.2, -0.15) is 0 Å². The molecule has 1 fully saturated rings. The molecule has 1 aromatic carbocycles. The Bertz CT molecular complexity index is 568. The number of nitrogens with zero attached hydrogens (tertiary/aromatic N) is 1. The van der Waals surface area contributed by atoms with Crippen LogP contribution in [0.4, 0.5) is 0 Å². The van der Waals surface area contributed by atoms with E-state index in [9.17, 15) is 9.59 Å². The number of halogens is 1. The third kappa shape index (κ3) is 3.28. The molecule has 0 bridgehead atoms. The highest BCUT2D eigenvalue weighted by molar-refractivity contribution is 9.10. The lowest BCUT2D eigenvalue weighted by atomic mass is 10.1. The molecule has 1 N–H and O–H groups in total. The Balaban J connectivity index is 2.11. The fraction of sp³-hybridized carbons (Fsp3) is 0.333. The smallest absolute Gasteiger partial charge is 0.326 e. The molecular weight excluding hydrogens is 322 g/mol. The van der Waals surface area contributed by atoms with Crippen LogP contribution in [0.1, 0.15) is 24.0 Å². The van der Waals surface area contributed by atoms with Crippen LogP contribution in [0.2, 0.25) is 0 Å². The molecule has 2 rings (SSSR count). The third-order valence-corrected chi connectivity index (χ3v) is 4.07. The lowest BCUT2D eigenvalue weighted by Gasteiger charge is -2.19. The van der Waals surface area contributed by atoms with E-state index < -0.39 is 12.0 Å². The van der Waals surface area contributed by atoms with Crippen molar-refractivity contribution in [2.45, 2.75) is 25.8 Å². The van der Waals surface area contributed by atoms with Crippen molar-refractivity contribution in [1.82, 2.24) is 4.90 Å². The van der Waals surface area contributed by atoms with E-state index in [1.165, 1.54) is 11.0 Å². The first-order chi connectivity index (χ1) is 9.49. The molecule has 0 saturated carbocycles. The second-order valence-corrected chi connectivity index (χ2v) is 5.74. The van der Waals surface area contributed by atoms with Gasteiger partial charge in [0.15, 0.2) is 0 Å². The van der Waals surface area contributed by atoms with Crippen LogP contribution in [-0.4, -0.2) is 34.5 Å². The SMILES string of the molecule is Cc1ccc(/C=C/C(=O)N2CCC[C@H]2C(=O)O)c(Br)c1. The van der Waals surface area contributed by atoms with Gasteiger partial charge in [-0.05, 0) is 43.0 Å². The zero-order chi connectivity index (χ0) is 14.7. The van der Waals surface area contributed by atoms with Gasteiger partial charge in [0.05, 0.1) is 0 Å². The molecular formula is C15H16BrNO3. The molecule has 20 heavy (non-hydrogen) atoms. The molecule has 0 unspecified atom stereocenters. The highest BCUT2D eigenvalue weighted by Gasteiger charge is 2.32. The summed E-state index contributed by atoms with van der Waals surface area (Å²) in [6, 6.07) is 5.17. The van der Waals surface area contributed by atoms with E-state index in [0.29, 0.717) is 13.0 Å². The topological polar surface area (TPSA) is 57.6 Å². The first-order valence-electron chi connectivity index (χ1n) is 6.46. The number of likely N-dealkylation sites (tertiary alicyclic amines) is 1. The summed E-state index contributed by atoms with van der Waals surface area (Å²) in [5, 5.41) is 9.07. The predicted octanol–water partition coefficient (Wildman–Crippen LogP) is 2.85. The van der Waals surface area contributed by atoms with Crippen molar-refractivity contribution >= 4 is 33.9 Å². The second kappa shape index (κ2) is 6.22. The van der Waals surface area contributed by atoms with Crippen LogP contribution in [0.15, 0.2) is 28.7 Å². The third-order valence-electron chi connectivity index (χ3n) is 3.38. The fourth-order valence-corrected chi connectivity index (χ4v) is 2.94. The molecule has 0 spiro atoms. The van der Waals surface area contributed by atoms with Gasteiger partial charge in [-0.3, -0.25) is 4.79 Å². The van der Waals surface area contributed by atoms with E-state index in [2.05, 4.69) is 15.9 Å². The zero-order valence-electron chi connectivity index (χ0n) is 11.2. The minimum absolute atomic E-state index is 0.248. The summed E-state index contributed by atoms with van der Waals surface area (Å²) in [7, 11) is 0. The summed E-state index contributed by atoms with van der Waals surface area (Å²) in [4.78, 5) is 24.5. The molecule has 1 aromatic rings. The maximum absolute atomic E-state index is 12.1. The molecule has 4 nitrogen and oxygen atoms in total. The van der Waals surface area contributed by atoms with Crippen molar-refractivity contribution < 1.29 is 14.7 Å². The van der Waals surface area contributed by atoms with Gasteiger partial charge in [-0.25, -0.2) is 4.79 Å². The normalized spacial score (nSPS) is 18.7. The standard InChI is InChI=1S/C15H16BrNO3/c1-10-4-5-11(12(16)9-10)6-7-14(18)17-8-2-3-13(17)15(19)20/h4-7,9,13H,2-3,8H2,1H3,(H,19,20)/b7-6+/t13-/m0/s1. The molecule has 1 aliphatic heterocycles. The predicted molar refractivity (Wildman–Crippen MR) is 80.3 cm³/mol. The molecule has 1 aliphatic rings. The van der Waals surface area contributed by atoms with E-state index >= 15 is 0 Å². The van der Waals surface area contributed by atoms with Gasteiger partial charge in [-0.15, -0.1) is 0 Å².